The second kappa shape index (κ2) is 20.0. The molecule has 0 aliphatic heterocycles. The van der Waals surface area contributed by atoms with E-state index in [4.69, 9.17) is 14.4 Å². The minimum atomic E-state index is -1.40. The predicted molar refractivity (Wildman–Crippen MR) is 282 cm³/mol. The van der Waals surface area contributed by atoms with Crippen LogP contribution in [0.25, 0.3) is 83.6 Å². The Hall–Kier alpha value is -6.17. The molecule has 6 heteroatoms. The number of hydrogen-bond donors (Lipinski definition) is 0. The van der Waals surface area contributed by atoms with E-state index in [-0.39, 0.29) is 20.1 Å². The molecule has 0 fully saturated rings. The van der Waals surface area contributed by atoms with Crippen LogP contribution in [0.15, 0.2) is 168 Å². The molecule has 0 saturated carbocycles. The normalized spacial score (nSPS) is 11.7. The Bertz CT molecular complexity index is 3280. The van der Waals surface area contributed by atoms with Gasteiger partial charge >= 0.3 is 0 Å². The summed E-state index contributed by atoms with van der Waals surface area (Å²) in [6.07, 6.45) is 3.23. The summed E-state index contributed by atoms with van der Waals surface area (Å²) in [6, 6.07) is 62.1. The van der Waals surface area contributed by atoms with E-state index in [1.807, 2.05) is 30.3 Å². The molecule has 0 unspecified atom stereocenters. The van der Waals surface area contributed by atoms with Crippen molar-refractivity contribution in [1.82, 2.24) is 14.5 Å². The molecule has 10 aromatic rings. The van der Waals surface area contributed by atoms with E-state index in [9.17, 15) is 0 Å². The van der Waals surface area contributed by atoms with Gasteiger partial charge in [0, 0.05) is 37.4 Å². The molecular formula is C61H59IrN3OSi-2. The Morgan fingerprint density at radius 3 is 1.88 bits per heavy atom. The minimum absolute atomic E-state index is 0. The fourth-order valence-electron chi connectivity index (χ4n) is 9.25. The molecule has 0 spiro atoms. The molecule has 0 saturated heterocycles. The molecule has 7 aromatic carbocycles. The molecule has 0 aliphatic carbocycles. The van der Waals surface area contributed by atoms with Crippen LogP contribution in [0.2, 0.25) is 19.6 Å². The first-order chi connectivity index (χ1) is 31.9. The number of furan rings is 1. The molecule has 3 heterocycles. The summed E-state index contributed by atoms with van der Waals surface area (Å²) in [4.78, 5) is 10.1. The number of fused-ring (bicyclic) bond motifs is 4. The fraction of sp³-hybridized carbons (Fsp3) is 0.213. The number of para-hydroxylation sites is 3. The summed E-state index contributed by atoms with van der Waals surface area (Å²) in [6.45, 7) is 20.9. The van der Waals surface area contributed by atoms with Gasteiger partial charge in [0.15, 0.2) is 0 Å². The predicted octanol–water partition coefficient (Wildman–Crippen LogP) is 16.3. The molecule has 339 valence electrons. The maximum Gasteiger partial charge on any atom is 0.120 e. The van der Waals surface area contributed by atoms with Gasteiger partial charge in [-0.15, -0.1) is 53.6 Å². The van der Waals surface area contributed by atoms with E-state index in [1.54, 1.807) is 0 Å². The molecule has 3 aromatic heterocycles. The van der Waals surface area contributed by atoms with E-state index in [2.05, 4.69) is 211 Å². The topological polar surface area (TPSA) is 43.9 Å². The van der Waals surface area contributed by atoms with Crippen LogP contribution in [0.1, 0.15) is 70.1 Å². The van der Waals surface area contributed by atoms with E-state index < -0.39 is 8.07 Å². The smallest absolute Gasteiger partial charge is 0.120 e. The first-order valence-electron chi connectivity index (χ1n) is 23.5. The number of pyridine rings is 1. The maximum atomic E-state index is 6.47. The van der Waals surface area contributed by atoms with Gasteiger partial charge < -0.3 is 14.0 Å². The number of rotatable bonds is 10. The van der Waals surface area contributed by atoms with Gasteiger partial charge in [0.25, 0.3) is 0 Å². The van der Waals surface area contributed by atoms with Crippen molar-refractivity contribution in [2.45, 2.75) is 79.4 Å². The van der Waals surface area contributed by atoms with Crippen molar-refractivity contribution < 1.29 is 24.5 Å². The first kappa shape index (κ1) is 47.3. The van der Waals surface area contributed by atoms with Crippen molar-refractivity contribution in [2.24, 2.45) is 5.92 Å². The summed E-state index contributed by atoms with van der Waals surface area (Å²) in [5.41, 5.74) is 16.9. The van der Waals surface area contributed by atoms with Crippen LogP contribution in [0.4, 0.5) is 0 Å². The summed E-state index contributed by atoms with van der Waals surface area (Å²) >= 11 is 0. The largest absolute Gasteiger partial charge is 0.501 e. The zero-order chi connectivity index (χ0) is 46.1. The van der Waals surface area contributed by atoms with Crippen molar-refractivity contribution in [3.8, 4) is 50.6 Å². The second-order valence-corrected chi connectivity index (χ2v) is 24.6. The maximum absolute atomic E-state index is 6.47. The Kier molecular flexibility index (Phi) is 14.1. The van der Waals surface area contributed by atoms with Crippen LogP contribution in [-0.4, -0.2) is 22.6 Å². The third kappa shape index (κ3) is 9.81. The van der Waals surface area contributed by atoms with Gasteiger partial charge in [-0.3, -0.25) is 4.98 Å². The quantitative estimate of drug-likeness (QED) is 0.101. The Labute approximate surface area is 411 Å². The summed E-state index contributed by atoms with van der Waals surface area (Å²) in [5.74, 6) is 2.09. The monoisotopic (exact) mass is 1070 g/mol. The Morgan fingerprint density at radius 1 is 0.612 bits per heavy atom. The standard InChI is InChI=1S/C37H31N2O.C24H28NSi.Ir/c1-23(2)30-21-26(25-13-6-5-7-14-25)22-31(24(3)4)35(30)39-33-19-10-9-18-32(33)38-37(39)29-17-12-16-28-27-15-8-11-20-34(27)40-36(28)29;1-18(2)14-22-16-23(25-17-24(22)26(3,4)5)21-13-9-12-20(15-21)19-10-7-6-8-11-19;/h5-16,18-24H,1-4H3;6-12,15-18H,14H2,1-5H3;/q2*-1;. The van der Waals surface area contributed by atoms with Gasteiger partial charge in [-0.25, -0.2) is 0 Å². The van der Waals surface area contributed by atoms with Gasteiger partial charge in [-0.1, -0.05) is 175 Å². The molecule has 0 N–H and O–H groups in total. The fourth-order valence-corrected chi connectivity index (χ4v) is 10.8. The third-order valence-electron chi connectivity index (χ3n) is 12.5. The van der Waals surface area contributed by atoms with Crippen molar-refractivity contribution in [1.29, 1.82) is 0 Å². The van der Waals surface area contributed by atoms with Gasteiger partial charge in [0.2, 0.25) is 0 Å². The van der Waals surface area contributed by atoms with Gasteiger partial charge in [0.05, 0.1) is 30.5 Å². The zero-order valence-electron chi connectivity index (χ0n) is 40.1. The molecule has 1 radical (unpaired) electrons. The van der Waals surface area contributed by atoms with E-state index in [0.29, 0.717) is 17.8 Å². The number of aromatic nitrogens is 3. The van der Waals surface area contributed by atoms with Crippen LogP contribution in [0.3, 0.4) is 0 Å². The van der Waals surface area contributed by atoms with Gasteiger partial charge in [0.1, 0.15) is 5.58 Å². The zero-order valence-corrected chi connectivity index (χ0v) is 43.5. The molecule has 67 heavy (non-hydrogen) atoms. The van der Waals surface area contributed by atoms with Crippen molar-refractivity contribution in [3.63, 3.8) is 0 Å². The van der Waals surface area contributed by atoms with Crippen LogP contribution in [0.5, 0.6) is 0 Å². The van der Waals surface area contributed by atoms with Crippen molar-refractivity contribution in [2.75, 3.05) is 0 Å². The van der Waals surface area contributed by atoms with Crippen LogP contribution in [0, 0.1) is 18.1 Å². The average molecular weight is 1070 g/mol. The number of hydrogen-bond acceptors (Lipinski definition) is 3. The molecule has 0 aliphatic rings. The number of benzene rings is 7. The third-order valence-corrected chi connectivity index (χ3v) is 14.5. The van der Waals surface area contributed by atoms with Gasteiger partial charge in [-0.05, 0) is 93.2 Å². The molecule has 0 amide bonds. The number of imidazole rings is 1. The van der Waals surface area contributed by atoms with Crippen molar-refractivity contribution >= 4 is 46.2 Å². The summed E-state index contributed by atoms with van der Waals surface area (Å²) in [7, 11) is -1.40. The van der Waals surface area contributed by atoms with E-state index in [1.165, 1.54) is 49.8 Å². The Morgan fingerprint density at radius 2 is 1.22 bits per heavy atom. The molecule has 4 nitrogen and oxygen atoms in total. The molecular weight excluding hydrogens is 1010 g/mol. The molecule has 0 atom stereocenters. The summed E-state index contributed by atoms with van der Waals surface area (Å²) in [5, 5.41) is 3.66. The Balaban J connectivity index is 0.000000196. The summed E-state index contributed by atoms with van der Waals surface area (Å²) < 4.78 is 8.83. The average Bonchev–Trinajstić information content (AvgIpc) is 3.90. The second-order valence-electron chi connectivity index (χ2n) is 19.6. The van der Waals surface area contributed by atoms with Crippen LogP contribution < -0.4 is 5.19 Å². The number of nitrogens with zero attached hydrogens (tertiary/aromatic N) is 3. The van der Waals surface area contributed by atoms with Crippen LogP contribution in [-0.2, 0) is 26.5 Å². The SMILES string of the molecule is CC(C)Cc1cc(-c2[c-]ccc(-c3ccccc3)c2)ncc1[Si](C)(C)C.CC(C)c1cc(-c2ccccc2)cc(C(C)C)c1-n1c(-c2[c-]ccc3c2oc2ccccc23)nc2ccccc21.[Ir]. The molecule has 0 bridgehead atoms. The van der Waals surface area contributed by atoms with Crippen molar-refractivity contribution in [3.05, 3.63) is 193 Å². The van der Waals surface area contributed by atoms with Crippen LogP contribution >= 0.6 is 0 Å². The first-order valence-corrected chi connectivity index (χ1v) is 27.0. The minimum Gasteiger partial charge on any atom is -0.501 e. The molecule has 10 rings (SSSR count). The van der Waals surface area contributed by atoms with E-state index >= 15 is 0 Å². The van der Waals surface area contributed by atoms with Gasteiger partial charge in [-0.2, -0.15) is 0 Å². The van der Waals surface area contributed by atoms with E-state index in [0.717, 1.165) is 62.0 Å².